The lowest BCUT2D eigenvalue weighted by Crippen LogP contribution is -2.34. The predicted octanol–water partition coefficient (Wildman–Crippen LogP) is 2.23. The van der Waals surface area contributed by atoms with Gasteiger partial charge < -0.3 is 19.7 Å². The van der Waals surface area contributed by atoms with E-state index in [1.165, 1.54) is 0 Å². The monoisotopic (exact) mass is 348 g/mol. The third-order valence-corrected chi connectivity index (χ3v) is 4.35. The summed E-state index contributed by atoms with van der Waals surface area (Å²) in [5.74, 6) is 1.28. The second-order valence-corrected chi connectivity index (χ2v) is 6.26. The summed E-state index contributed by atoms with van der Waals surface area (Å²) >= 11 is 0. The molecular formula is C19H28N2O4. The van der Waals surface area contributed by atoms with Gasteiger partial charge in [0, 0.05) is 19.5 Å². The summed E-state index contributed by atoms with van der Waals surface area (Å²) in [6.07, 6.45) is 3.52. The van der Waals surface area contributed by atoms with E-state index < -0.39 is 0 Å². The Morgan fingerprint density at radius 3 is 2.64 bits per heavy atom. The number of ether oxygens (including phenoxy) is 2. The SMILES string of the molecule is CCCCCNC(=O)C1CC(=O)N(CCOc2ccc(OC)cc2)C1. The Labute approximate surface area is 149 Å². The van der Waals surface area contributed by atoms with Gasteiger partial charge in [-0.15, -0.1) is 0 Å². The van der Waals surface area contributed by atoms with Gasteiger partial charge in [-0.1, -0.05) is 19.8 Å². The lowest BCUT2D eigenvalue weighted by atomic mass is 10.1. The van der Waals surface area contributed by atoms with Crippen molar-refractivity contribution in [3.8, 4) is 11.5 Å². The van der Waals surface area contributed by atoms with Crippen molar-refractivity contribution in [2.45, 2.75) is 32.6 Å². The molecule has 1 saturated heterocycles. The minimum atomic E-state index is -0.241. The summed E-state index contributed by atoms with van der Waals surface area (Å²) in [5.41, 5.74) is 0. The van der Waals surface area contributed by atoms with Crippen molar-refractivity contribution in [3.05, 3.63) is 24.3 Å². The van der Waals surface area contributed by atoms with E-state index in [4.69, 9.17) is 9.47 Å². The van der Waals surface area contributed by atoms with Crippen LogP contribution in [0, 0.1) is 5.92 Å². The molecule has 1 aliphatic rings. The van der Waals surface area contributed by atoms with Gasteiger partial charge in [0.1, 0.15) is 18.1 Å². The summed E-state index contributed by atoms with van der Waals surface area (Å²) in [6, 6.07) is 7.32. The Morgan fingerprint density at radius 2 is 1.96 bits per heavy atom. The number of benzene rings is 1. The predicted molar refractivity (Wildman–Crippen MR) is 95.7 cm³/mol. The first-order chi connectivity index (χ1) is 12.1. The smallest absolute Gasteiger partial charge is 0.225 e. The molecule has 1 heterocycles. The summed E-state index contributed by atoms with van der Waals surface area (Å²) in [6.45, 7) is 4.19. The van der Waals surface area contributed by atoms with Gasteiger partial charge in [0.25, 0.3) is 0 Å². The Morgan fingerprint density at radius 1 is 1.24 bits per heavy atom. The van der Waals surface area contributed by atoms with E-state index in [2.05, 4.69) is 12.2 Å². The van der Waals surface area contributed by atoms with Gasteiger partial charge >= 0.3 is 0 Å². The van der Waals surface area contributed by atoms with Crippen molar-refractivity contribution in [2.24, 2.45) is 5.92 Å². The summed E-state index contributed by atoms with van der Waals surface area (Å²) in [4.78, 5) is 25.9. The van der Waals surface area contributed by atoms with Crippen LogP contribution < -0.4 is 14.8 Å². The number of nitrogens with zero attached hydrogens (tertiary/aromatic N) is 1. The topological polar surface area (TPSA) is 67.9 Å². The Kier molecular flexibility index (Phi) is 7.57. The molecule has 2 rings (SSSR count). The van der Waals surface area contributed by atoms with Crippen molar-refractivity contribution in [1.29, 1.82) is 0 Å². The van der Waals surface area contributed by atoms with Crippen LogP contribution in [0.4, 0.5) is 0 Å². The van der Waals surface area contributed by atoms with Gasteiger partial charge in [-0.3, -0.25) is 9.59 Å². The van der Waals surface area contributed by atoms with Gasteiger partial charge in [-0.05, 0) is 30.7 Å². The lowest BCUT2D eigenvalue weighted by molar-refractivity contribution is -0.129. The van der Waals surface area contributed by atoms with Crippen LogP contribution in [0.3, 0.4) is 0 Å². The van der Waals surface area contributed by atoms with Crippen LogP contribution in [-0.4, -0.2) is 50.1 Å². The third-order valence-electron chi connectivity index (χ3n) is 4.35. The average Bonchev–Trinajstić information content (AvgIpc) is 3.00. The van der Waals surface area contributed by atoms with E-state index in [0.717, 1.165) is 30.8 Å². The maximum absolute atomic E-state index is 12.1. The molecule has 6 nitrogen and oxygen atoms in total. The van der Waals surface area contributed by atoms with Crippen molar-refractivity contribution in [3.63, 3.8) is 0 Å². The summed E-state index contributed by atoms with van der Waals surface area (Å²) in [5, 5.41) is 2.93. The molecule has 1 aliphatic heterocycles. The molecule has 0 bridgehead atoms. The highest BCUT2D eigenvalue weighted by molar-refractivity contribution is 5.89. The number of nitrogens with one attached hydrogen (secondary N) is 1. The number of amides is 2. The van der Waals surface area contributed by atoms with Crippen LogP contribution in [0.15, 0.2) is 24.3 Å². The van der Waals surface area contributed by atoms with Crippen LogP contribution in [0.5, 0.6) is 11.5 Å². The standard InChI is InChI=1S/C19H28N2O4/c1-3-4-5-10-20-19(23)15-13-18(22)21(14-15)11-12-25-17-8-6-16(24-2)7-9-17/h6-9,15H,3-5,10-14H2,1-2H3,(H,20,23). The van der Waals surface area contributed by atoms with E-state index in [1.54, 1.807) is 12.0 Å². The van der Waals surface area contributed by atoms with Crippen molar-refractivity contribution in [1.82, 2.24) is 10.2 Å². The van der Waals surface area contributed by atoms with Crippen molar-refractivity contribution in [2.75, 3.05) is 33.4 Å². The fourth-order valence-electron chi connectivity index (χ4n) is 2.84. The average molecular weight is 348 g/mol. The molecule has 0 aromatic heterocycles. The number of carbonyl (C=O) groups excluding carboxylic acids is 2. The van der Waals surface area contributed by atoms with Crippen molar-refractivity contribution >= 4 is 11.8 Å². The van der Waals surface area contributed by atoms with Crippen LogP contribution in [-0.2, 0) is 9.59 Å². The first-order valence-corrected chi connectivity index (χ1v) is 8.96. The van der Waals surface area contributed by atoms with Crippen LogP contribution in [0.2, 0.25) is 0 Å². The highest BCUT2D eigenvalue weighted by atomic mass is 16.5. The first kappa shape index (κ1) is 19.1. The number of methoxy groups -OCH3 is 1. The van der Waals surface area contributed by atoms with Gasteiger partial charge in [-0.2, -0.15) is 0 Å². The molecule has 1 aromatic carbocycles. The van der Waals surface area contributed by atoms with Gasteiger partial charge in [0.15, 0.2) is 0 Å². The van der Waals surface area contributed by atoms with Gasteiger partial charge in [-0.25, -0.2) is 0 Å². The molecule has 1 N–H and O–H groups in total. The zero-order chi connectivity index (χ0) is 18.1. The minimum absolute atomic E-state index is 0.0111. The van der Waals surface area contributed by atoms with Gasteiger partial charge in [0.2, 0.25) is 11.8 Å². The molecule has 1 unspecified atom stereocenters. The zero-order valence-corrected chi connectivity index (χ0v) is 15.1. The highest BCUT2D eigenvalue weighted by Gasteiger charge is 2.33. The fraction of sp³-hybridized carbons (Fsp3) is 0.579. The fourth-order valence-corrected chi connectivity index (χ4v) is 2.84. The molecule has 6 heteroatoms. The van der Waals surface area contributed by atoms with E-state index in [1.807, 2.05) is 24.3 Å². The number of carbonyl (C=O) groups is 2. The number of hydrogen-bond donors (Lipinski definition) is 1. The molecule has 0 spiro atoms. The Hall–Kier alpha value is -2.24. The lowest BCUT2D eigenvalue weighted by Gasteiger charge is -2.17. The van der Waals surface area contributed by atoms with Crippen LogP contribution >= 0.6 is 0 Å². The Bertz CT molecular complexity index is 559. The number of unbranched alkanes of at least 4 members (excludes halogenated alkanes) is 2. The Balaban J connectivity index is 1.70. The van der Waals surface area contributed by atoms with Crippen LogP contribution in [0.25, 0.3) is 0 Å². The van der Waals surface area contributed by atoms with Crippen LogP contribution in [0.1, 0.15) is 32.6 Å². The van der Waals surface area contributed by atoms with E-state index in [9.17, 15) is 9.59 Å². The number of rotatable bonds is 10. The first-order valence-electron chi connectivity index (χ1n) is 8.96. The van der Waals surface area contributed by atoms with Crippen molar-refractivity contribution < 1.29 is 19.1 Å². The van der Waals surface area contributed by atoms with Gasteiger partial charge in [0.05, 0.1) is 19.6 Å². The molecule has 25 heavy (non-hydrogen) atoms. The summed E-state index contributed by atoms with van der Waals surface area (Å²) < 4.78 is 10.8. The summed E-state index contributed by atoms with van der Waals surface area (Å²) in [7, 11) is 1.62. The molecule has 2 amide bonds. The second kappa shape index (κ2) is 9.91. The zero-order valence-electron chi connectivity index (χ0n) is 15.1. The van der Waals surface area contributed by atoms with E-state index >= 15 is 0 Å². The molecule has 138 valence electrons. The molecule has 0 saturated carbocycles. The minimum Gasteiger partial charge on any atom is -0.497 e. The molecule has 0 radical (unpaired) electrons. The van der Waals surface area contributed by atoms with E-state index in [0.29, 0.717) is 32.7 Å². The molecule has 1 fully saturated rings. The normalized spacial score (nSPS) is 16.8. The maximum Gasteiger partial charge on any atom is 0.225 e. The quantitative estimate of drug-likeness (QED) is 0.659. The third kappa shape index (κ3) is 5.96. The molecule has 1 atom stereocenters. The molecular weight excluding hydrogens is 320 g/mol. The molecule has 0 aliphatic carbocycles. The molecule has 1 aromatic rings. The highest BCUT2D eigenvalue weighted by Crippen LogP contribution is 2.19. The maximum atomic E-state index is 12.1. The number of likely N-dealkylation sites (tertiary alicyclic amines) is 1. The second-order valence-electron chi connectivity index (χ2n) is 6.26. The largest absolute Gasteiger partial charge is 0.497 e. The van der Waals surface area contributed by atoms with E-state index in [-0.39, 0.29) is 17.7 Å². The number of hydrogen-bond acceptors (Lipinski definition) is 4.